The van der Waals surface area contributed by atoms with E-state index in [0.29, 0.717) is 0 Å². The van der Waals surface area contributed by atoms with E-state index in [2.05, 4.69) is 10.2 Å². The average molecular weight is 302 g/mol. The number of halogens is 2. The van der Waals surface area contributed by atoms with Gasteiger partial charge in [-0.2, -0.15) is 0 Å². The summed E-state index contributed by atoms with van der Waals surface area (Å²) < 4.78 is 51.0. The fraction of sp³-hybridized carbons (Fsp3) is 0.273. The zero-order chi connectivity index (χ0) is 14.9. The molecule has 0 aliphatic carbocycles. The van der Waals surface area contributed by atoms with Gasteiger partial charge in [0, 0.05) is 18.5 Å². The lowest BCUT2D eigenvalue weighted by molar-refractivity contribution is 0.548. The van der Waals surface area contributed by atoms with Crippen molar-refractivity contribution in [1.29, 1.82) is 0 Å². The van der Waals surface area contributed by atoms with Crippen LogP contribution < -0.4 is 5.14 Å². The first-order chi connectivity index (χ1) is 9.34. The van der Waals surface area contributed by atoms with Gasteiger partial charge in [-0.3, -0.25) is 0 Å². The van der Waals surface area contributed by atoms with Crippen LogP contribution in [0.25, 0.3) is 0 Å². The Morgan fingerprint density at radius 2 is 1.85 bits per heavy atom. The van der Waals surface area contributed by atoms with E-state index in [0.717, 1.165) is 12.1 Å². The van der Waals surface area contributed by atoms with E-state index in [1.54, 1.807) is 6.92 Å². The van der Waals surface area contributed by atoms with E-state index >= 15 is 0 Å². The second kappa shape index (κ2) is 5.25. The second-order valence-corrected chi connectivity index (χ2v) is 5.52. The van der Waals surface area contributed by atoms with Crippen LogP contribution in [0.15, 0.2) is 23.4 Å². The first-order valence-corrected chi connectivity index (χ1v) is 7.27. The van der Waals surface area contributed by atoms with Gasteiger partial charge in [0.25, 0.3) is 15.2 Å². The Hall–Kier alpha value is -1.87. The molecule has 2 aromatic rings. The van der Waals surface area contributed by atoms with Crippen molar-refractivity contribution >= 4 is 10.0 Å². The average Bonchev–Trinajstić information content (AvgIpc) is 2.76. The Labute approximate surface area is 114 Å². The van der Waals surface area contributed by atoms with Crippen molar-refractivity contribution in [3.8, 4) is 0 Å². The maximum Gasteiger partial charge on any atom is 0.273 e. The molecular formula is C11H12F2N4O2S. The molecule has 0 aliphatic heterocycles. The highest BCUT2D eigenvalue weighted by molar-refractivity contribution is 7.89. The molecule has 20 heavy (non-hydrogen) atoms. The molecule has 0 saturated carbocycles. The molecule has 1 aromatic heterocycles. The van der Waals surface area contributed by atoms with E-state index in [1.807, 2.05) is 0 Å². The molecule has 0 spiro atoms. The van der Waals surface area contributed by atoms with Crippen LogP contribution in [-0.4, -0.2) is 23.2 Å². The molecule has 0 saturated heterocycles. The second-order valence-electron chi connectivity index (χ2n) is 4.07. The summed E-state index contributed by atoms with van der Waals surface area (Å²) in [7, 11) is -4.04. The third kappa shape index (κ3) is 2.68. The summed E-state index contributed by atoms with van der Waals surface area (Å²) in [5.74, 6) is -1.33. The lowest BCUT2D eigenvalue weighted by Gasteiger charge is -2.07. The minimum Gasteiger partial charge on any atom is -0.301 e. The number of nitrogens with zero attached hydrogens (tertiary/aromatic N) is 3. The molecule has 2 rings (SSSR count). The normalized spacial score (nSPS) is 11.8. The molecule has 0 aliphatic rings. The van der Waals surface area contributed by atoms with Gasteiger partial charge in [0.1, 0.15) is 17.5 Å². The minimum absolute atomic E-state index is 0.125. The molecule has 0 amide bonds. The molecule has 6 nitrogen and oxygen atoms in total. The fourth-order valence-electron chi connectivity index (χ4n) is 1.84. The molecule has 1 heterocycles. The van der Waals surface area contributed by atoms with Crippen LogP contribution in [0.4, 0.5) is 8.78 Å². The molecule has 108 valence electrons. The highest BCUT2D eigenvalue weighted by Gasteiger charge is 2.21. The molecule has 2 N–H and O–H groups in total. The van der Waals surface area contributed by atoms with Gasteiger partial charge in [-0.25, -0.2) is 22.3 Å². The third-order valence-corrected chi connectivity index (χ3v) is 3.57. The maximum absolute atomic E-state index is 13.6. The summed E-state index contributed by atoms with van der Waals surface area (Å²) in [6.07, 6.45) is -0.213. The predicted molar refractivity (Wildman–Crippen MR) is 66.2 cm³/mol. The summed E-state index contributed by atoms with van der Waals surface area (Å²) >= 11 is 0. The molecule has 0 fully saturated rings. The van der Waals surface area contributed by atoms with Crippen LogP contribution in [0, 0.1) is 11.6 Å². The number of primary sulfonamides is 1. The molecule has 1 aromatic carbocycles. The maximum atomic E-state index is 13.6. The largest absolute Gasteiger partial charge is 0.301 e. The van der Waals surface area contributed by atoms with Crippen molar-refractivity contribution in [3.63, 3.8) is 0 Å². The van der Waals surface area contributed by atoms with Gasteiger partial charge >= 0.3 is 0 Å². The summed E-state index contributed by atoms with van der Waals surface area (Å²) in [4.78, 5) is 0. The van der Waals surface area contributed by atoms with Crippen LogP contribution in [0.3, 0.4) is 0 Å². The smallest absolute Gasteiger partial charge is 0.273 e. The summed E-state index contributed by atoms with van der Waals surface area (Å²) in [6, 6.07) is 3.48. The van der Waals surface area contributed by atoms with Crippen molar-refractivity contribution < 1.29 is 17.2 Å². The Kier molecular flexibility index (Phi) is 3.82. The van der Waals surface area contributed by atoms with E-state index < -0.39 is 26.8 Å². The number of sulfonamides is 1. The zero-order valence-electron chi connectivity index (χ0n) is 10.5. The third-order valence-electron chi connectivity index (χ3n) is 2.76. The van der Waals surface area contributed by atoms with Crippen LogP contribution in [0.2, 0.25) is 0 Å². The first kappa shape index (κ1) is 14.5. The number of nitrogens with two attached hydrogens (primary N) is 1. The van der Waals surface area contributed by atoms with Crippen LogP contribution in [0.5, 0.6) is 0 Å². The molecule has 0 bridgehead atoms. The quantitative estimate of drug-likeness (QED) is 0.905. The van der Waals surface area contributed by atoms with Gasteiger partial charge < -0.3 is 4.57 Å². The molecule has 0 unspecified atom stereocenters. The van der Waals surface area contributed by atoms with Crippen molar-refractivity contribution in [1.82, 2.24) is 14.8 Å². The van der Waals surface area contributed by atoms with Crippen LogP contribution in [-0.2, 0) is 23.0 Å². The first-order valence-electron chi connectivity index (χ1n) is 5.72. The highest BCUT2D eigenvalue weighted by atomic mass is 32.2. The zero-order valence-corrected chi connectivity index (χ0v) is 11.4. The topological polar surface area (TPSA) is 90.9 Å². The Morgan fingerprint density at radius 1 is 1.25 bits per heavy atom. The van der Waals surface area contributed by atoms with Gasteiger partial charge in [-0.05, 0) is 19.1 Å². The lowest BCUT2D eigenvalue weighted by atomic mass is 10.1. The summed E-state index contributed by atoms with van der Waals surface area (Å²) in [6.45, 7) is 1.86. The Balaban J connectivity index is 2.48. The molecule has 9 heteroatoms. The van der Waals surface area contributed by atoms with E-state index in [1.165, 1.54) is 10.6 Å². The van der Waals surface area contributed by atoms with E-state index in [9.17, 15) is 17.2 Å². The number of benzene rings is 1. The van der Waals surface area contributed by atoms with Crippen LogP contribution in [0.1, 0.15) is 18.3 Å². The van der Waals surface area contributed by atoms with Crippen molar-refractivity contribution in [2.45, 2.75) is 25.0 Å². The fourth-order valence-corrected chi connectivity index (χ4v) is 2.53. The Morgan fingerprint density at radius 3 is 2.35 bits per heavy atom. The van der Waals surface area contributed by atoms with E-state index in [4.69, 9.17) is 5.14 Å². The van der Waals surface area contributed by atoms with Gasteiger partial charge in [0.05, 0.1) is 0 Å². The Bertz CT molecular complexity index is 723. The predicted octanol–water partition coefficient (Wildman–Crippen LogP) is 0.814. The van der Waals surface area contributed by atoms with E-state index in [-0.39, 0.29) is 24.4 Å². The van der Waals surface area contributed by atoms with Gasteiger partial charge in [-0.1, -0.05) is 6.07 Å². The molecule has 0 atom stereocenters. The minimum atomic E-state index is -4.04. The number of hydrogen-bond acceptors (Lipinski definition) is 4. The molecule has 0 radical (unpaired) electrons. The molecular weight excluding hydrogens is 290 g/mol. The standard InChI is InChI=1S/C11H12F2N4O2S/c1-2-17-10(15-16-11(17)20(14,18)19)6-7-8(12)4-3-5-9(7)13/h3-5H,2,6H2,1H3,(H2,14,18,19). The van der Waals surface area contributed by atoms with Gasteiger partial charge in [0.2, 0.25) is 0 Å². The SMILES string of the molecule is CCn1c(Cc2c(F)cccc2F)nnc1S(N)(=O)=O. The number of aromatic nitrogens is 3. The lowest BCUT2D eigenvalue weighted by Crippen LogP contribution is -2.19. The van der Waals surface area contributed by atoms with Crippen molar-refractivity contribution in [2.75, 3.05) is 0 Å². The summed E-state index contributed by atoms with van der Waals surface area (Å²) in [5.41, 5.74) is -0.199. The van der Waals surface area contributed by atoms with Gasteiger partial charge in [-0.15, -0.1) is 10.2 Å². The monoisotopic (exact) mass is 302 g/mol. The highest BCUT2D eigenvalue weighted by Crippen LogP contribution is 2.17. The van der Waals surface area contributed by atoms with Crippen molar-refractivity contribution in [2.24, 2.45) is 5.14 Å². The van der Waals surface area contributed by atoms with Crippen LogP contribution >= 0.6 is 0 Å². The number of rotatable bonds is 4. The van der Waals surface area contributed by atoms with Gasteiger partial charge in [0.15, 0.2) is 0 Å². The number of hydrogen-bond donors (Lipinski definition) is 1. The van der Waals surface area contributed by atoms with Crippen molar-refractivity contribution in [3.05, 3.63) is 41.2 Å². The summed E-state index contributed by atoms with van der Waals surface area (Å²) in [5, 5.41) is 11.7.